The molecule has 1 rings (SSSR count). The number of likely N-dealkylation sites (N-methyl/N-ethyl adjacent to an activating group) is 1. The summed E-state index contributed by atoms with van der Waals surface area (Å²) in [6.45, 7) is 9.16. The van der Waals surface area contributed by atoms with E-state index >= 15 is 0 Å². The van der Waals surface area contributed by atoms with Crippen molar-refractivity contribution in [1.82, 2.24) is 10.2 Å². The summed E-state index contributed by atoms with van der Waals surface area (Å²) in [5.41, 5.74) is 0. The molecule has 0 aliphatic carbocycles. The maximum absolute atomic E-state index is 5.50. The average Bonchev–Trinajstić information content (AvgIpc) is 2.73. The Morgan fingerprint density at radius 1 is 1.42 bits per heavy atom. The molecule has 0 amide bonds. The zero-order valence-corrected chi connectivity index (χ0v) is 14.5. The predicted octanol–water partition coefficient (Wildman–Crippen LogP) is 3.35. The molecule has 0 radical (unpaired) electrons. The number of nitrogens with zero attached hydrogens (tertiary/aromatic N) is 1. The van der Waals surface area contributed by atoms with Crippen molar-refractivity contribution < 1.29 is 4.74 Å². The zero-order valence-electron chi connectivity index (χ0n) is 12.1. The highest BCUT2D eigenvalue weighted by Crippen LogP contribution is 2.20. The van der Waals surface area contributed by atoms with Gasteiger partial charge in [0.1, 0.15) is 0 Å². The fourth-order valence-corrected chi connectivity index (χ4v) is 3.22. The summed E-state index contributed by atoms with van der Waals surface area (Å²) >= 11 is 5.29. The van der Waals surface area contributed by atoms with Gasteiger partial charge in [-0.15, -0.1) is 11.3 Å². The predicted molar refractivity (Wildman–Crippen MR) is 86.9 cm³/mol. The van der Waals surface area contributed by atoms with Gasteiger partial charge in [-0.05, 0) is 55.9 Å². The summed E-state index contributed by atoms with van der Waals surface area (Å²) in [4.78, 5) is 3.75. The molecule has 1 aromatic heterocycles. The molecule has 0 aliphatic rings. The van der Waals surface area contributed by atoms with Crippen LogP contribution in [0.1, 0.15) is 25.1 Å². The molecule has 0 bridgehead atoms. The van der Waals surface area contributed by atoms with Crippen LogP contribution < -0.4 is 5.32 Å². The van der Waals surface area contributed by atoms with E-state index in [1.54, 1.807) is 11.3 Å². The van der Waals surface area contributed by atoms with Crippen molar-refractivity contribution in [3.05, 3.63) is 20.8 Å². The maximum Gasteiger partial charge on any atom is 0.0518 e. The van der Waals surface area contributed by atoms with Gasteiger partial charge in [-0.2, -0.15) is 0 Å². The van der Waals surface area contributed by atoms with Gasteiger partial charge in [-0.1, -0.05) is 0 Å². The first kappa shape index (κ1) is 17.1. The minimum absolute atomic E-state index is 0.344. The van der Waals surface area contributed by atoms with Gasteiger partial charge >= 0.3 is 0 Å². The quantitative estimate of drug-likeness (QED) is 0.656. The molecule has 0 fully saturated rings. The lowest BCUT2D eigenvalue weighted by atomic mass is 10.4. The Kier molecular flexibility index (Phi) is 8.90. The molecule has 0 aromatic carbocycles. The second kappa shape index (κ2) is 9.88. The minimum Gasteiger partial charge on any atom is -0.379 e. The van der Waals surface area contributed by atoms with Crippen LogP contribution in [-0.2, 0) is 11.3 Å². The molecule has 0 saturated heterocycles. The molecule has 0 spiro atoms. The van der Waals surface area contributed by atoms with Crippen molar-refractivity contribution >= 4 is 27.3 Å². The third-order valence-electron chi connectivity index (χ3n) is 2.67. The van der Waals surface area contributed by atoms with Crippen LogP contribution in [0.4, 0.5) is 0 Å². The van der Waals surface area contributed by atoms with E-state index in [1.807, 2.05) is 0 Å². The number of nitrogens with one attached hydrogen (secondary N) is 1. The molecule has 3 nitrogen and oxygen atoms in total. The molecule has 0 atom stereocenters. The Morgan fingerprint density at radius 2 is 2.21 bits per heavy atom. The molecule has 1 heterocycles. The Hall–Kier alpha value is 0.0600. The molecule has 5 heteroatoms. The molecule has 1 N–H and O–H groups in total. The van der Waals surface area contributed by atoms with Gasteiger partial charge in [-0.3, -0.25) is 0 Å². The first-order valence-corrected chi connectivity index (χ1v) is 8.49. The summed E-state index contributed by atoms with van der Waals surface area (Å²) in [7, 11) is 2.16. The Morgan fingerprint density at radius 3 is 2.84 bits per heavy atom. The summed E-state index contributed by atoms with van der Waals surface area (Å²) < 4.78 is 6.68. The van der Waals surface area contributed by atoms with Crippen LogP contribution >= 0.6 is 27.3 Å². The van der Waals surface area contributed by atoms with Crippen molar-refractivity contribution in [2.24, 2.45) is 0 Å². The Bertz CT molecular complexity index is 344. The molecular weight excluding hydrogens is 324 g/mol. The highest BCUT2D eigenvalue weighted by atomic mass is 79.9. The topological polar surface area (TPSA) is 24.5 Å². The number of hydrogen-bond acceptors (Lipinski definition) is 4. The van der Waals surface area contributed by atoms with E-state index in [4.69, 9.17) is 4.74 Å². The molecule has 19 heavy (non-hydrogen) atoms. The number of ether oxygens (including phenoxy) is 1. The van der Waals surface area contributed by atoms with Crippen LogP contribution in [0.3, 0.4) is 0 Å². The fourth-order valence-electron chi connectivity index (χ4n) is 1.69. The number of hydrogen-bond donors (Lipinski definition) is 1. The molecule has 0 aliphatic heterocycles. The molecular formula is C14H25BrN2OS. The zero-order chi connectivity index (χ0) is 14.1. The molecule has 110 valence electrons. The maximum atomic E-state index is 5.50. The second-order valence-corrected chi connectivity index (χ2v) is 6.90. The third kappa shape index (κ3) is 8.76. The van der Waals surface area contributed by atoms with Gasteiger partial charge in [0.25, 0.3) is 0 Å². The lowest BCUT2D eigenvalue weighted by molar-refractivity contribution is 0.0770. The average molecular weight is 349 g/mol. The van der Waals surface area contributed by atoms with E-state index in [9.17, 15) is 0 Å². The van der Waals surface area contributed by atoms with Gasteiger partial charge in [0.2, 0.25) is 0 Å². The Labute approximate surface area is 129 Å². The van der Waals surface area contributed by atoms with E-state index in [-0.39, 0.29) is 0 Å². The second-order valence-electron chi connectivity index (χ2n) is 4.99. The van der Waals surface area contributed by atoms with Crippen molar-refractivity contribution in [2.45, 2.75) is 32.9 Å². The fraction of sp³-hybridized carbons (Fsp3) is 0.714. The molecule has 0 saturated carbocycles. The van der Waals surface area contributed by atoms with Crippen molar-refractivity contribution in [1.29, 1.82) is 0 Å². The van der Waals surface area contributed by atoms with Crippen LogP contribution in [0.25, 0.3) is 0 Å². The van der Waals surface area contributed by atoms with E-state index in [1.165, 1.54) is 9.35 Å². The van der Waals surface area contributed by atoms with Gasteiger partial charge in [-0.25, -0.2) is 0 Å². The van der Waals surface area contributed by atoms with Crippen LogP contribution in [0, 0.1) is 0 Å². The van der Waals surface area contributed by atoms with Crippen molar-refractivity contribution in [2.75, 3.05) is 33.3 Å². The highest BCUT2D eigenvalue weighted by molar-refractivity contribution is 9.10. The molecule has 1 aromatic rings. The van der Waals surface area contributed by atoms with Gasteiger partial charge < -0.3 is 15.0 Å². The lowest BCUT2D eigenvalue weighted by Gasteiger charge is -2.16. The van der Waals surface area contributed by atoms with Crippen molar-refractivity contribution in [3.63, 3.8) is 0 Å². The lowest BCUT2D eigenvalue weighted by Crippen LogP contribution is -2.29. The standard InChI is InChI=1S/C14H25BrN2OS/c1-12(2)18-8-4-5-16-6-7-17(3)10-14-9-13(15)11-19-14/h9,11-12,16H,4-8,10H2,1-3H3. The SMILES string of the molecule is CC(C)OCCCNCCN(C)Cc1cc(Br)cs1. The van der Waals surface area contributed by atoms with Gasteiger partial charge in [0.05, 0.1) is 6.10 Å². The monoisotopic (exact) mass is 348 g/mol. The van der Waals surface area contributed by atoms with E-state index < -0.39 is 0 Å². The van der Waals surface area contributed by atoms with Crippen LogP contribution in [0.15, 0.2) is 15.9 Å². The van der Waals surface area contributed by atoms with Crippen LogP contribution in [0.2, 0.25) is 0 Å². The smallest absolute Gasteiger partial charge is 0.0518 e. The summed E-state index contributed by atoms with van der Waals surface area (Å²) in [5.74, 6) is 0. The number of thiophene rings is 1. The first-order valence-electron chi connectivity index (χ1n) is 6.81. The summed E-state index contributed by atoms with van der Waals surface area (Å²) in [5, 5.41) is 5.59. The van der Waals surface area contributed by atoms with E-state index in [0.29, 0.717) is 6.10 Å². The summed E-state index contributed by atoms with van der Waals surface area (Å²) in [6, 6.07) is 2.19. The third-order valence-corrected chi connectivity index (χ3v) is 4.35. The summed E-state index contributed by atoms with van der Waals surface area (Å²) in [6.07, 6.45) is 1.43. The van der Waals surface area contributed by atoms with Gasteiger partial charge in [0.15, 0.2) is 0 Å². The van der Waals surface area contributed by atoms with E-state index in [0.717, 1.165) is 39.2 Å². The molecule has 0 unspecified atom stereocenters. The van der Waals surface area contributed by atoms with Gasteiger partial charge in [0, 0.05) is 41.0 Å². The van der Waals surface area contributed by atoms with E-state index in [2.05, 4.69) is 58.5 Å². The van der Waals surface area contributed by atoms with Crippen LogP contribution in [0.5, 0.6) is 0 Å². The minimum atomic E-state index is 0.344. The first-order chi connectivity index (χ1) is 9.08. The largest absolute Gasteiger partial charge is 0.379 e. The van der Waals surface area contributed by atoms with Crippen molar-refractivity contribution in [3.8, 4) is 0 Å². The van der Waals surface area contributed by atoms with Crippen LogP contribution in [-0.4, -0.2) is 44.3 Å². The number of rotatable bonds is 10. The highest BCUT2D eigenvalue weighted by Gasteiger charge is 2.02. The Balaban J connectivity index is 1.97. The number of halogens is 1. The normalized spacial score (nSPS) is 11.7.